The van der Waals surface area contributed by atoms with E-state index in [0.29, 0.717) is 34.0 Å². The molecule has 196 valence electrons. The lowest BCUT2D eigenvalue weighted by Crippen LogP contribution is -2.26. The smallest absolute Gasteiger partial charge is 0.279 e. The third-order valence-corrected chi connectivity index (χ3v) is 7.52. The van der Waals surface area contributed by atoms with Crippen molar-refractivity contribution in [1.29, 1.82) is 0 Å². The van der Waals surface area contributed by atoms with E-state index >= 15 is 0 Å². The number of benzene rings is 3. The molecule has 0 saturated heterocycles. The van der Waals surface area contributed by atoms with Crippen molar-refractivity contribution in [2.24, 2.45) is 4.99 Å². The first-order valence-electron chi connectivity index (χ1n) is 12.2. The molecular formula is C30H31N3O4S. The van der Waals surface area contributed by atoms with Crippen molar-refractivity contribution in [1.82, 2.24) is 9.88 Å². The Kier molecular flexibility index (Phi) is 8.43. The third kappa shape index (κ3) is 6.03. The molecule has 1 atom stereocenters. The van der Waals surface area contributed by atoms with Gasteiger partial charge in [0.2, 0.25) is 0 Å². The van der Waals surface area contributed by atoms with Crippen LogP contribution >= 0.6 is 11.3 Å². The number of amides is 2. The molecule has 1 N–H and O–H groups in total. The molecule has 3 aromatic carbocycles. The quantitative estimate of drug-likeness (QED) is 0.328. The lowest BCUT2D eigenvalue weighted by Gasteiger charge is -2.14. The number of hydrogen-bond acceptors (Lipinski definition) is 5. The number of ether oxygens (including phenoxy) is 2. The first kappa shape index (κ1) is 26.9. The van der Waals surface area contributed by atoms with Crippen LogP contribution in [0.4, 0.5) is 0 Å². The first-order chi connectivity index (χ1) is 18.3. The van der Waals surface area contributed by atoms with Crippen LogP contribution < -0.4 is 19.6 Å². The van der Waals surface area contributed by atoms with Crippen molar-refractivity contribution in [3.63, 3.8) is 0 Å². The predicted molar refractivity (Wildman–Crippen MR) is 149 cm³/mol. The first-order valence-corrected chi connectivity index (χ1v) is 13.0. The Morgan fingerprint density at radius 2 is 1.58 bits per heavy atom. The van der Waals surface area contributed by atoms with Gasteiger partial charge in [-0.25, -0.2) is 0 Å². The number of nitrogens with zero attached hydrogens (tertiary/aromatic N) is 2. The second-order valence-corrected chi connectivity index (χ2v) is 10.1. The van der Waals surface area contributed by atoms with Crippen LogP contribution in [0.1, 0.15) is 55.4 Å². The number of nitrogens with one attached hydrogen (secondary N) is 1. The van der Waals surface area contributed by atoms with Crippen LogP contribution in [0.5, 0.6) is 11.5 Å². The summed E-state index contributed by atoms with van der Waals surface area (Å²) in [5.41, 5.74) is 4.09. The highest BCUT2D eigenvalue weighted by Gasteiger charge is 2.14. The van der Waals surface area contributed by atoms with Crippen LogP contribution in [0.3, 0.4) is 0 Å². The van der Waals surface area contributed by atoms with Crippen molar-refractivity contribution in [2.45, 2.75) is 33.4 Å². The Labute approximate surface area is 226 Å². The molecule has 1 aromatic heterocycles. The van der Waals surface area contributed by atoms with E-state index < -0.39 is 0 Å². The minimum Gasteiger partial charge on any atom is -0.493 e. The molecule has 2 amide bonds. The summed E-state index contributed by atoms with van der Waals surface area (Å²) in [6.07, 6.45) is 0. The average Bonchev–Trinajstić information content (AvgIpc) is 3.20. The standard InChI is InChI=1S/C30H31N3O4S/c1-19(23-9-7-6-8-10-23)31-28(34)24-13-11-22(12-14-24)18-33-20(2)21(3)38-30(33)32-29(35)25-15-16-26(36-4)27(17-25)37-5/h6-17,19H,18H2,1-5H3,(H,31,34)/t19-/m0/s1. The van der Waals surface area contributed by atoms with E-state index in [1.807, 2.05) is 79.9 Å². The van der Waals surface area contributed by atoms with Crippen LogP contribution in [0.15, 0.2) is 77.8 Å². The van der Waals surface area contributed by atoms with Gasteiger partial charge >= 0.3 is 0 Å². The summed E-state index contributed by atoms with van der Waals surface area (Å²) in [5, 5.41) is 3.04. The van der Waals surface area contributed by atoms with Gasteiger partial charge in [-0.1, -0.05) is 42.5 Å². The molecule has 0 bridgehead atoms. The Bertz CT molecular complexity index is 1500. The largest absolute Gasteiger partial charge is 0.493 e. The second kappa shape index (κ2) is 11.9. The lowest BCUT2D eigenvalue weighted by atomic mass is 10.1. The van der Waals surface area contributed by atoms with Gasteiger partial charge in [-0.2, -0.15) is 4.99 Å². The van der Waals surface area contributed by atoms with E-state index in [-0.39, 0.29) is 17.9 Å². The van der Waals surface area contributed by atoms with Gasteiger partial charge in [0.05, 0.1) is 26.8 Å². The molecule has 0 saturated carbocycles. The van der Waals surface area contributed by atoms with E-state index in [1.54, 1.807) is 25.3 Å². The van der Waals surface area contributed by atoms with Crippen LogP contribution in [-0.2, 0) is 6.54 Å². The Morgan fingerprint density at radius 3 is 2.24 bits per heavy atom. The SMILES string of the molecule is COc1ccc(C(=O)N=c2sc(C)c(C)n2Cc2ccc(C(=O)N[C@@H](C)c3ccccc3)cc2)cc1OC. The molecule has 7 nitrogen and oxygen atoms in total. The highest BCUT2D eigenvalue weighted by Crippen LogP contribution is 2.27. The van der Waals surface area contributed by atoms with Crippen molar-refractivity contribution in [3.05, 3.63) is 110 Å². The molecule has 4 rings (SSSR count). The number of thiazole rings is 1. The zero-order valence-corrected chi connectivity index (χ0v) is 23.0. The third-order valence-electron chi connectivity index (χ3n) is 6.42. The number of methoxy groups -OCH3 is 2. The zero-order valence-electron chi connectivity index (χ0n) is 22.1. The number of aromatic nitrogens is 1. The van der Waals surface area contributed by atoms with Gasteiger partial charge in [0.1, 0.15) is 0 Å². The molecule has 38 heavy (non-hydrogen) atoms. The summed E-state index contributed by atoms with van der Waals surface area (Å²) in [4.78, 5) is 31.9. The second-order valence-electron chi connectivity index (χ2n) is 8.90. The molecule has 0 fully saturated rings. The van der Waals surface area contributed by atoms with Crippen LogP contribution in [0.2, 0.25) is 0 Å². The van der Waals surface area contributed by atoms with Gasteiger partial charge in [-0.15, -0.1) is 11.3 Å². The fraction of sp³-hybridized carbons (Fsp3) is 0.233. The van der Waals surface area contributed by atoms with E-state index in [0.717, 1.165) is 21.7 Å². The number of hydrogen-bond donors (Lipinski definition) is 1. The lowest BCUT2D eigenvalue weighted by molar-refractivity contribution is 0.0938. The number of carbonyl (C=O) groups excluding carboxylic acids is 2. The Morgan fingerprint density at radius 1 is 0.921 bits per heavy atom. The van der Waals surface area contributed by atoms with E-state index in [4.69, 9.17) is 9.47 Å². The monoisotopic (exact) mass is 529 g/mol. The number of carbonyl (C=O) groups is 2. The summed E-state index contributed by atoms with van der Waals surface area (Å²) >= 11 is 1.47. The molecule has 4 aromatic rings. The van der Waals surface area contributed by atoms with Gasteiger partial charge in [-0.05, 0) is 62.2 Å². The summed E-state index contributed by atoms with van der Waals surface area (Å²) in [7, 11) is 3.08. The van der Waals surface area contributed by atoms with Crippen molar-refractivity contribution < 1.29 is 19.1 Å². The Balaban J connectivity index is 1.53. The normalized spacial score (nSPS) is 12.2. The highest BCUT2D eigenvalue weighted by molar-refractivity contribution is 7.09. The molecule has 0 spiro atoms. The summed E-state index contributed by atoms with van der Waals surface area (Å²) in [6.45, 7) is 6.51. The maximum atomic E-state index is 13.0. The van der Waals surface area contributed by atoms with Crippen LogP contribution in [0, 0.1) is 13.8 Å². The summed E-state index contributed by atoms with van der Waals surface area (Å²) < 4.78 is 12.6. The Hall–Kier alpha value is -4.17. The molecule has 0 radical (unpaired) electrons. The zero-order chi connectivity index (χ0) is 27.2. The van der Waals surface area contributed by atoms with E-state index in [1.165, 1.54) is 18.4 Å². The molecular weight excluding hydrogens is 498 g/mol. The molecule has 8 heteroatoms. The number of rotatable bonds is 8. The topological polar surface area (TPSA) is 81.9 Å². The average molecular weight is 530 g/mol. The van der Waals surface area contributed by atoms with Crippen molar-refractivity contribution in [2.75, 3.05) is 14.2 Å². The molecule has 1 heterocycles. The fourth-order valence-electron chi connectivity index (χ4n) is 4.04. The minimum absolute atomic E-state index is 0.0947. The number of aryl methyl sites for hydroxylation is 1. The minimum atomic E-state index is -0.361. The van der Waals surface area contributed by atoms with E-state index in [2.05, 4.69) is 10.3 Å². The fourth-order valence-corrected chi connectivity index (χ4v) is 5.01. The van der Waals surface area contributed by atoms with E-state index in [9.17, 15) is 9.59 Å². The van der Waals surface area contributed by atoms with Gasteiger partial charge in [0.25, 0.3) is 11.8 Å². The van der Waals surface area contributed by atoms with Crippen molar-refractivity contribution in [3.8, 4) is 11.5 Å². The predicted octanol–water partition coefficient (Wildman–Crippen LogP) is 5.46. The van der Waals surface area contributed by atoms with Crippen molar-refractivity contribution >= 4 is 23.2 Å². The van der Waals surface area contributed by atoms with Crippen LogP contribution in [-0.4, -0.2) is 30.6 Å². The van der Waals surface area contributed by atoms with Crippen LogP contribution in [0.25, 0.3) is 0 Å². The van der Waals surface area contributed by atoms with Gasteiger partial charge in [0.15, 0.2) is 16.3 Å². The molecule has 0 aliphatic heterocycles. The maximum absolute atomic E-state index is 13.0. The molecule has 0 unspecified atom stereocenters. The maximum Gasteiger partial charge on any atom is 0.279 e. The summed E-state index contributed by atoms with van der Waals surface area (Å²) in [5.74, 6) is 0.538. The van der Waals surface area contributed by atoms with Gasteiger partial charge in [0, 0.05) is 21.7 Å². The molecule has 0 aliphatic rings. The highest BCUT2D eigenvalue weighted by atomic mass is 32.1. The van der Waals surface area contributed by atoms with Gasteiger partial charge < -0.3 is 19.4 Å². The molecule has 0 aliphatic carbocycles. The summed E-state index contributed by atoms with van der Waals surface area (Å²) in [6, 6.07) is 22.3. The van der Waals surface area contributed by atoms with Gasteiger partial charge in [-0.3, -0.25) is 9.59 Å².